The van der Waals surface area contributed by atoms with Gasteiger partial charge in [-0.05, 0) is 36.2 Å². The van der Waals surface area contributed by atoms with Crippen LogP contribution in [0.3, 0.4) is 0 Å². The minimum absolute atomic E-state index is 0.0775. The van der Waals surface area contributed by atoms with Gasteiger partial charge in [-0.2, -0.15) is 0 Å². The van der Waals surface area contributed by atoms with Gasteiger partial charge in [0.1, 0.15) is 11.5 Å². The second-order valence-electron chi connectivity index (χ2n) is 9.75. The molecule has 0 saturated heterocycles. The van der Waals surface area contributed by atoms with Crippen LogP contribution in [-0.4, -0.2) is 33.4 Å². The topological polar surface area (TPSA) is 119 Å². The van der Waals surface area contributed by atoms with Crippen LogP contribution in [0.15, 0.2) is 69.8 Å². The lowest BCUT2D eigenvalue weighted by molar-refractivity contribution is -0.116. The summed E-state index contributed by atoms with van der Waals surface area (Å²) in [5.41, 5.74) is 1.46. The van der Waals surface area contributed by atoms with Crippen molar-refractivity contribution in [1.29, 1.82) is 0 Å². The van der Waals surface area contributed by atoms with E-state index in [9.17, 15) is 9.59 Å². The third-order valence-corrected chi connectivity index (χ3v) is 7.50. The van der Waals surface area contributed by atoms with Crippen LogP contribution in [0.1, 0.15) is 50.8 Å². The predicted octanol–water partition coefficient (Wildman–Crippen LogP) is 6.09. The standard InChI is InChI=1S/C28H31N5O4S2/c1-28(2,3)22-16-30-25(37-22)18-38-26-17-31-27(39-26)33-24(35)14-19-8-10-21(11-9-19)36-13-5-7-23(34)32-20-6-4-12-29-15-20/h4,6,8-12,15-17H,5,7,13-14,18H2,1-3H3,(H,32,34)(H,31,33,35). The van der Waals surface area contributed by atoms with E-state index in [0.29, 0.717) is 47.7 Å². The molecule has 0 fully saturated rings. The zero-order valence-corrected chi connectivity index (χ0v) is 23.7. The number of thioether (sulfide) groups is 1. The molecule has 1 aromatic carbocycles. The first kappa shape index (κ1) is 28.3. The molecule has 0 bridgehead atoms. The summed E-state index contributed by atoms with van der Waals surface area (Å²) < 4.78 is 12.5. The lowest BCUT2D eigenvalue weighted by atomic mass is 9.94. The van der Waals surface area contributed by atoms with Gasteiger partial charge in [-0.1, -0.05) is 44.2 Å². The highest BCUT2D eigenvalue weighted by Crippen LogP contribution is 2.32. The number of nitrogens with one attached hydrogen (secondary N) is 2. The van der Waals surface area contributed by atoms with Gasteiger partial charge >= 0.3 is 0 Å². The van der Waals surface area contributed by atoms with Crippen molar-refractivity contribution in [2.45, 2.75) is 55.4 Å². The number of anilines is 2. The van der Waals surface area contributed by atoms with Gasteiger partial charge in [0.05, 0.1) is 47.3 Å². The van der Waals surface area contributed by atoms with Gasteiger partial charge < -0.3 is 19.8 Å². The average Bonchev–Trinajstić information content (AvgIpc) is 3.56. The van der Waals surface area contributed by atoms with E-state index in [1.165, 1.54) is 11.3 Å². The van der Waals surface area contributed by atoms with Crippen molar-refractivity contribution < 1.29 is 18.7 Å². The maximum Gasteiger partial charge on any atom is 0.230 e. The number of aromatic nitrogens is 3. The van der Waals surface area contributed by atoms with E-state index in [-0.39, 0.29) is 23.7 Å². The number of amides is 2. The molecule has 4 rings (SSSR count). The maximum atomic E-state index is 12.5. The molecule has 3 heterocycles. The number of carbonyl (C=O) groups excluding carboxylic acids is 2. The highest BCUT2D eigenvalue weighted by atomic mass is 32.2. The Hall–Kier alpha value is -3.70. The minimum atomic E-state index is -0.142. The fraction of sp³-hybridized carbons (Fsp3) is 0.321. The molecule has 0 spiro atoms. The normalized spacial score (nSPS) is 11.3. The van der Waals surface area contributed by atoms with Crippen molar-refractivity contribution >= 4 is 45.7 Å². The van der Waals surface area contributed by atoms with Gasteiger partial charge in [0.15, 0.2) is 5.13 Å². The summed E-state index contributed by atoms with van der Waals surface area (Å²) in [5, 5.41) is 6.21. The molecule has 0 aliphatic carbocycles. The third kappa shape index (κ3) is 9.22. The van der Waals surface area contributed by atoms with E-state index in [4.69, 9.17) is 9.15 Å². The molecule has 2 amide bonds. The van der Waals surface area contributed by atoms with Gasteiger partial charge in [0, 0.05) is 18.0 Å². The van der Waals surface area contributed by atoms with Crippen molar-refractivity contribution in [1.82, 2.24) is 15.0 Å². The number of pyridine rings is 1. The fourth-order valence-corrected chi connectivity index (χ4v) is 5.12. The smallest absolute Gasteiger partial charge is 0.230 e. The molecule has 39 heavy (non-hydrogen) atoms. The SMILES string of the molecule is CC(C)(C)c1cnc(CSc2cnc(NC(=O)Cc3ccc(OCCCC(=O)Nc4cccnc4)cc3)s2)o1. The van der Waals surface area contributed by atoms with E-state index < -0.39 is 0 Å². The molecule has 0 aliphatic heterocycles. The number of hydrogen-bond acceptors (Lipinski definition) is 9. The van der Waals surface area contributed by atoms with Crippen LogP contribution in [0.4, 0.5) is 10.8 Å². The van der Waals surface area contributed by atoms with E-state index in [1.807, 2.05) is 24.3 Å². The Kier molecular flexibility index (Phi) is 9.72. The van der Waals surface area contributed by atoms with Crippen LogP contribution in [0.2, 0.25) is 0 Å². The van der Waals surface area contributed by atoms with Gasteiger partial charge in [-0.3, -0.25) is 14.6 Å². The van der Waals surface area contributed by atoms with E-state index in [1.54, 1.807) is 48.7 Å². The minimum Gasteiger partial charge on any atom is -0.494 e. The Morgan fingerprint density at radius 2 is 1.85 bits per heavy atom. The molecule has 204 valence electrons. The molecule has 0 atom stereocenters. The van der Waals surface area contributed by atoms with Crippen LogP contribution in [-0.2, 0) is 27.2 Å². The number of rotatable bonds is 12. The van der Waals surface area contributed by atoms with Gasteiger partial charge in [-0.25, -0.2) is 9.97 Å². The summed E-state index contributed by atoms with van der Waals surface area (Å²) in [6.07, 6.45) is 7.94. The number of hydrogen-bond donors (Lipinski definition) is 2. The molecule has 2 N–H and O–H groups in total. The summed E-state index contributed by atoms with van der Waals surface area (Å²) in [6.45, 7) is 6.67. The lowest BCUT2D eigenvalue weighted by Crippen LogP contribution is -2.14. The fourth-order valence-electron chi connectivity index (χ4n) is 3.38. The predicted molar refractivity (Wildman–Crippen MR) is 153 cm³/mol. The monoisotopic (exact) mass is 565 g/mol. The molecule has 4 aromatic rings. The van der Waals surface area contributed by atoms with Gasteiger partial charge in [0.2, 0.25) is 17.7 Å². The van der Waals surface area contributed by atoms with Crippen LogP contribution in [0.5, 0.6) is 5.75 Å². The first-order valence-corrected chi connectivity index (χ1v) is 14.3. The highest BCUT2D eigenvalue weighted by Gasteiger charge is 2.19. The summed E-state index contributed by atoms with van der Waals surface area (Å²) in [6, 6.07) is 10.9. The first-order chi connectivity index (χ1) is 18.7. The lowest BCUT2D eigenvalue weighted by Gasteiger charge is -2.12. The van der Waals surface area contributed by atoms with Crippen LogP contribution in [0.25, 0.3) is 0 Å². The van der Waals surface area contributed by atoms with Crippen LogP contribution >= 0.6 is 23.1 Å². The largest absolute Gasteiger partial charge is 0.494 e. The van der Waals surface area contributed by atoms with Gasteiger partial charge in [-0.15, -0.1) is 11.8 Å². The zero-order chi connectivity index (χ0) is 27.7. The summed E-state index contributed by atoms with van der Waals surface area (Å²) in [4.78, 5) is 37.1. The summed E-state index contributed by atoms with van der Waals surface area (Å²) >= 11 is 2.99. The molecule has 0 radical (unpaired) electrons. The van der Waals surface area contributed by atoms with Crippen LogP contribution in [0, 0.1) is 0 Å². The summed E-state index contributed by atoms with van der Waals surface area (Å²) in [5.74, 6) is 2.59. The van der Waals surface area contributed by atoms with Crippen molar-refractivity contribution in [2.75, 3.05) is 17.2 Å². The molecule has 0 aliphatic rings. The molecule has 0 unspecified atom stereocenters. The average molecular weight is 566 g/mol. The highest BCUT2D eigenvalue weighted by molar-refractivity contribution is 8.00. The Morgan fingerprint density at radius 3 is 2.56 bits per heavy atom. The molecule has 3 aromatic heterocycles. The zero-order valence-electron chi connectivity index (χ0n) is 22.1. The number of benzene rings is 1. The van der Waals surface area contributed by atoms with E-state index in [0.717, 1.165) is 15.5 Å². The number of nitrogens with zero attached hydrogens (tertiary/aromatic N) is 3. The number of carbonyl (C=O) groups is 2. The van der Waals surface area contributed by atoms with E-state index >= 15 is 0 Å². The Bertz CT molecular complexity index is 1360. The Balaban J connectivity index is 1.14. The van der Waals surface area contributed by atoms with Crippen molar-refractivity contribution in [3.8, 4) is 5.75 Å². The number of oxazole rings is 1. The molecule has 9 nitrogen and oxygen atoms in total. The van der Waals surface area contributed by atoms with Gasteiger partial charge in [0.25, 0.3) is 0 Å². The van der Waals surface area contributed by atoms with Crippen molar-refractivity contribution in [3.63, 3.8) is 0 Å². The second-order valence-corrected chi connectivity index (χ2v) is 12.1. The molecular formula is C28H31N5O4S2. The quantitative estimate of drug-likeness (QED) is 0.156. The third-order valence-electron chi connectivity index (χ3n) is 5.41. The van der Waals surface area contributed by atoms with Crippen molar-refractivity contribution in [2.24, 2.45) is 0 Å². The summed E-state index contributed by atoms with van der Waals surface area (Å²) in [7, 11) is 0. The molecular weight excluding hydrogens is 534 g/mol. The number of ether oxygens (including phenoxy) is 1. The van der Waals surface area contributed by atoms with Crippen molar-refractivity contribution in [3.05, 3.63) is 78.4 Å². The number of thiazole rings is 1. The molecule has 11 heteroatoms. The molecule has 0 saturated carbocycles. The maximum absolute atomic E-state index is 12.5. The first-order valence-electron chi connectivity index (χ1n) is 12.5. The van der Waals surface area contributed by atoms with E-state index in [2.05, 4.69) is 46.4 Å². The Labute approximate surface area is 235 Å². The Morgan fingerprint density at radius 1 is 1.03 bits per heavy atom. The van der Waals surface area contributed by atoms with Crippen LogP contribution < -0.4 is 15.4 Å². The second kappa shape index (κ2) is 13.4.